The summed E-state index contributed by atoms with van der Waals surface area (Å²) in [5, 5.41) is 0. The molecule has 1 saturated heterocycles. The van der Waals surface area contributed by atoms with Crippen LogP contribution in [0.1, 0.15) is 54.9 Å². The molecule has 21 heavy (non-hydrogen) atoms. The van der Waals surface area contributed by atoms with Crippen LogP contribution in [0.3, 0.4) is 0 Å². The van der Waals surface area contributed by atoms with E-state index in [1.54, 1.807) is 0 Å². The van der Waals surface area contributed by atoms with Gasteiger partial charge in [-0.1, -0.05) is 26.8 Å². The van der Waals surface area contributed by atoms with E-state index in [9.17, 15) is 4.79 Å². The SMILES string of the molecule is CC(C)(C)C(=O)N1CC=C(B2OC(C)(C)C(C)(C)O2)CC1. The minimum Gasteiger partial charge on any atom is -0.400 e. The Hall–Kier alpha value is -0.805. The topological polar surface area (TPSA) is 38.8 Å². The van der Waals surface area contributed by atoms with Gasteiger partial charge in [-0.25, -0.2) is 0 Å². The second kappa shape index (κ2) is 5.13. The van der Waals surface area contributed by atoms with E-state index in [1.165, 1.54) is 0 Å². The van der Waals surface area contributed by atoms with Crippen LogP contribution >= 0.6 is 0 Å². The lowest BCUT2D eigenvalue weighted by molar-refractivity contribution is -0.139. The Morgan fingerprint density at radius 2 is 1.71 bits per heavy atom. The van der Waals surface area contributed by atoms with Gasteiger partial charge in [-0.3, -0.25) is 4.79 Å². The second-order valence-electron chi connectivity index (χ2n) is 8.12. The maximum Gasteiger partial charge on any atom is 0.490 e. The van der Waals surface area contributed by atoms with Crippen LogP contribution in [0.25, 0.3) is 0 Å². The number of hydrogen-bond donors (Lipinski definition) is 0. The van der Waals surface area contributed by atoms with E-state index in [-0.39, 0.29) is 29.6 Å². The van der Waals surface area contributed by atoms with Crippen LogP contribution in [-0.2, 0) is 14.1 Å². The van der Waals surface area contributed by atoms with Crippen LogP contribution in [-0.4, -0.2) is 42.2 Å². The first kappa shape index (κ1) is 16.6. The fourth-order valence-electron chi connectivity index (χ4n) is 2.55. The van der Waals surface area contributed by atoms with Crippen molar-refractivity contribution in [2.24, 2.45) is 5.41 Å². The normalized spacial score (nSPS) is 25.0. The van der Waals surface area contributed by atoms with Crippen LogP contribution in [0, 0.1) is 5.41 Å². The van der Waals surface area contributed by atoms with Gasteiger partial charge in [0.1, 0.15) is 0 Å². The van der Waals surface area contributed by atoms with Crippen molar-refractivity contribution in [1.82, 2.24) is 4.90 Å². The molecule has 2 aliphatic rings. The van der Waals surface area contributed by atoms with E-state index in [1.807, 2.05) is 25.7 Å². The van der Waals surface area contributed by atoms with Gasteiger partial charge in [-0.2, -0.15) is 0 Å². The van der Waals surface area contributed by atoms with Crippen molar-refractivity contribution >= 4 is 13.0 Å². The van der Waals surface area contributed by atoms with Crippen molar-refractivity contribution in [3.63, 3.8) is 0 Å². The van der Waals surface area contributed by atoms with Gasteiger partial charge in [-0.05, 0) is 39.6 Å². The summed E-state index contributed by atoms with van der Waals surface area (Å²) in [6, 6.07) is 0. The summed E-state index contributed by atoms with van der Waals surface area (Å²) < 4.78 is 12.1. The first-order chi connectivity index (χ1) is 9.44. The highest BCUT2D eigenvalue weighted by Gasteiger charge is 2.52. The van der Waals surface area contributed by atoms with Gasteiger partial charge in [0.2, 0.25) is 5.91 Å². The Kier molecular flexibility index (Phi) is 4.05. The minimum absolute atomic E-state index is 0.201. The lowest BCUT2D eigenvalue weighted by Gasteiger charge is -2.32. The molecule has 4 nitrogen and oxygen atoms in total. The molecule has 0 N–H and O–H groups in total. The molecule has 2 aliphatic heterocycles. The molecule has 0 aromatic heterocycles. The van der Waals surface area contributed by atoms with Crippen molar-refractivity contribution in [2.45, 2.75) is 66.1 Å². The van der Waals surface area contributed by atoms with Crippen molar-refractivity contribution in [2.75, 3.05) is 13.1 Å². The molecule has 2 heterocycles. The first-order valence-electron chi connectivity index (χ1n) is 7.78. The summed E-state index contributed by atoms with van der Waals surface area (Å²) in [5.41, 5.74) is 0.218. The second-order valence-corrected chi connectivity index (χ2v) is 8.12. The van der Waals surface area contributed by atoms with Gasteiger partial charge in [0.05, 0.1) is 11.2 Å². The van der Waals surface area contributed by atoms with Crippen LogP contribution in [0.4, 0.5) is 0 Å². The molecule has 0 radical (unpaired) electrons. The number of rotatable bonds is 1. The molecule has 0 aromatic carbocycles. The lowest BCUT2D eigenvalue weighted by atomic mass is 9.74. The minimum atomic E-state index is -0.324. The van der Waals surface area contributed by atoms with Gasteiger partial charge in [0.25, 0.3) is 0 Å². The summed E-state index contributed by atoms with van der Waals surface area (Å²) in [4.78, 5) is 14.2. The van der Waals surface area contributed by atoms with Gasteiger partial charge in [0, 0.05) is 18.5 Å². The Labute approximate surface area is 129 Å². The largest absolute Gasteiger partial charge is 0.490 e. The van der Waals surface area contributed by atoms with E-state index in [4.69, 9.17) is 9.31 Å². The lowest BCUT2D eigenvalue weighted by Crippen LogP contribution is -2.43. The molecule has 0 unspecified atom stereocenters. The molecule has 0 spiro atoms. The predicted octanol–water partition coefficient (Wildman–Crippen LogP) is 2.82. The molecule has 118 valence electrons. The van der Waals surface area contributed by atoms with Gasteiger partial charge in [0.15, 0.2) is 0 Å². The molecule has 1 fully saturated rings. The average molecular weight is 293 g/mol. The fourth-order valence-corrected chi connectivity index (χ4v) is 2.55. The fraction of sp³-hybridized carbons (Fsp3) is 0.812. The highest BCUT2D eigenvalue weighted by Crippen LogP contribution is 2.39. The highest BCUT2D eigenvalue weighted by molar-refractivity contribution is 6.54. The van der Waals surface area contributed by atoms with E-state index >= 15 is 0 Å². The monoisotopic (exact) mass is 293 g/mol. The molecule has 0 aliphatic carbocycles. The third kappa shape index (κ3) is 3.19. The summed E-state index contributed by atoms with van der Waals surface area (Å²) in [5.74, 6) is 0.201. The summed E-state index contributed by atoms with van der Waals surface area (Å²) in [6.45, 7) is 15.5. The van der Waals surface area contributed by atoms with Crippen molar-refractivity contribution in [1.29, 1.82) is 0 Å². The number of carbonyl (C=O) groups is 1. The number of nitrogens with zero attached hydrogens (tertiary/aromatic N) is 1. The number of carbonyl (C=O) groups excluding carboxylic acids is 1. The molecule has 0 saturated carbocycles. The Morgan fingerprint density at radius 3 is 2.10 bits per heavy atom. The maximum atomic E-state index is 12.3. The van der Waals surface area contributed by atoms with Gasteiger partial charge in [-0.15, -0.1) is 0 Å². The van der Waals surface area contributed by atoms with Gasteiger partial charge >= 0.3 is 7.12 Å². The molecule has 0 atom stereocenters. The van der Waals surface area contributed by atoms with Crippen molar-refractivity contribution < 1.29 is 14.1 Å². The van der Waals surface area contributed by atoms with E-state index in [2.05, 4.69) is 33.8 Å². The molecular weight excluding hydrogens is 265 g/mol. The van der Waals surface area contributed by atoms with Crippen LogP contribution in [0.15, 0.2) is 11.5 Å². The molecule has 2 rings (SSSR count). The average Bonchev–Trinajstić information content (AvgIpc) is 2.57. The standard InChI is InChI=1S/C16H28BNO3/c1-14(2,3)13(19)18-10-8-12(9-11-18)17-20-15(4,5)16(6,7)21-17/h8H,9-11H2,1-7H3. The third-order valence-corrected chi connectivity index (χ3v) is 4.73. The van der Waals surface area contributed by atoms with Crippen LogP contribution < -0.4 is 0 Å². The smallest absolute Gasteiger partial charge is 0.400 e. The highest BCUT2D eigenvalue weighted by atomic mass is 16.7. The van der Waals surface area contributed by atoms with Crippen LogP contribution in [0.5, 0.6) is 0 Å². The zero-order chi connectivity index (χ0) is 16.1. The van der Waals surface area contributed by atoms with E-state index < -0.39 is 0 Å². The zero-order valence-corrected chi connectivity index (χ0v) is 14.4. The van der Waals surface area contributed by atoms with E-state index in [0.717, 1.165) is 18.4 Å². The molecule has 1 amide bonds. The molecular formula is C16H28BNO3. The van der Waals surface area contributed by atoms with Crippen molar-refractivity contribution in [3.05, 3.63) is 11.5 Å². The van der Waals surface area contributed by atoms with Crippen LogP contribution in [0.2, 0.25) is 0 Å². The quantitative estimate of drug-likeness (QED) is 0.698. The maximum absolute atomic E-state index is 12.3. The molecule has 0 aromatic rings. The Bertz CT molecular complexity index is 447. The van der Waals surface area contributed by atoms with E-state index in [0.29, 0.717) is 6.54 Å². The molecule has 5 heteroatoms. The van der Waals surface area contributed by atoms with Gasteiger partial charge < -0.3 is 14.2 Å². The summed E-state index contributed by atoms with van der Waals surface area (Å²) in [6.07, 6.45) is 2.91. The number of hydrogen-bond acceptors (Lipinski definition) is 3. The van der Waals surface area contributed by atoms with Crippen molar-refractivity contribution in [3.8, 4) is 0 Å². The molecule has 0 bridgehead atoms. The predicted molar refractivity (Wildman–Crippen MR) is 84.8 cm³/mol. The summed E-state index contributed by atoms with van der Waals surface area (Å²) >= 11 is 0. The number of amides is 1. The zero-order valence-electron chi connectivity index (χ0n) is 14.4. The summed E-state index contributed by atoms with van der Waals surface area (Å²) in [7, 11) is -0.276. The Morgan fingerprint density at radius 1 is 1.19 bits per heavy atom. The third-order valence-electron chi connectivity index (χ3n) is 4.73. The Balaban J connectivity index is 2.04. The first-order valence-corrected chi connectivity index (χ1v) is 7.78.